The summed E-state index contributed by atoms with van der Waals surface area (Å²) >= 11 is 0. The molecule has 2 saturated heterocycles. The van der Waals surface area contributed by atoms with E-state index in [1.165, 1.54) is 17.5 Å². The van der Waals surface area contributed by atoms with Gasteiger partial charge in [-0.05, 0) is 56.7 Å². The summed E-state index contributed by atoms with van der Waals surface area (Å²) in [6, 6.07) is 20.3. The van der Waals surface area contributed by atoms with E-state index >= 15 is 0 Å². The van der Waals surface area contributed by atoms with E-state index in [-0.39, 0.29) is 17.9 Å². The number of nitrogens with zero attached hydrogens (tertiary/aromatic N) is 3. The first kappa shape index (κ1) is 22.7. The average Bonchev–Trinajstić information content (AvgIpc) is 3.16. The van der Waals surface area contributed by atoms with Crippen molar-refractivity contribution in [3.8, 4) is 0 Å². The molecule has 1 amide bonds. The lowest BCUT2D eigenvalue weighted by Gasteiger charge is -2.49. The summed E-state index contributed by atoms with van der Waals surface area (Å²) in [5, 5.41) is 3.39. The van der Waals surface area contributed by atoms with Crippen LogP contribution in [0, 0.1) is 12.8 Å². The number of carbonyl (C=O) groups is 1. The van der Waals surface area contributed by atoms with E-state index in [0.29, 0.717) is 18.1 Å². The van der Waals surface area contributed by atoms with Crippen molar-refractivity contribution in [2.24, 2.45) is 5.92 Å². The van der Waals surface area contributed by atoms with E-state index in [0.717, 1.165) is 63.2 Å². The molecule has 3 aliphatic rings. The molecular formula is C29H36N4O2. The van der Waals surface area contributed by atoms with Crippen molar-refractivity contribution >= 4 is 16.9 Å². The number of carbonyl (C=O) groups excluding carboxylic acids is 1. The van der Waals surface area contributed by atoms with Gasteiger partial charge in [0.15, 0.2) is 0 Å². The lowest BCUT2D eigenvalue weighted by atomic mass is 9.84. The maximum absolute atomic E-state index is 12.8. The molecule has 1 unspecified atom stereocenters. The quantitative estimate of drug-likeness (QED) is 0.537. The monoisotopic (exact) mass is 472 g/mol. The summed E-state index contributed by atoms with van der Waals surface area (Å²) in [5.74, 6) is 1.54. The van der Waals surface area contributed by atoms with Crippen LogP contribution in [0.3, 0.4) is 0 Å². The molecule has 4 atom stereocenters. The summed E-state index contributed by atoms with van der Waals surface area (Å²) in [6.45, 7) is 4.67. The number of benzene rings is 2. The van der Waals surface area contributed by atoms with Gasteiger partial charge in [-0.25, -0.2) is 4.98 Å². The number of ether oxygens (including phenoxy) is 1. The molecule has 6 heteroatoms. The number of imidazole rings is 1. The van der Waals surface area contributed by atoms with Crippen molar-refractivity contribution in [2.45, 2.75) is 69.6 Å². The average molecular weight is 473 g/mol. The Kier molecular flexibility index (Phi) is 6.33. The fourth-order valence-electron chi connectivity index (χ4n) is 6.41. The Morgan fingerprint density at radius 1 is 1.03 bits per heavy atom. The van der Waals surface area contributed by atoms with Gasteiger partial charge in [-0.15, -0.1) is 0 Å². The number of para-hydroxylation sites is 2. The molecule has 3 heterocycles. The number of rotatable bonds is 7. The summed E-state index contributed by atoms with van der Waals surface area (Å²) in [4.78, 5) is 20.3. The number of aryl methyl sites for hydroxylation is 1. The van der Waals surface area contributed by atoms with Crippen LogP contribution in [0.4, 0.5) is 0 Å². The van der Waals surface area contributed by atoms with Gasteiger partial charge in [-0.1, -0.05) is 48.9 Å². The van der Waals surface area contributed by atoms with Gasteiger partial charge in [0.25, 0.3) is 0 Å². The minimum Gasteiger partial charge on any atom is -0.378 e. The molecule has 0 radical (unpaired) electrons. The van der Waals surface area contributed by atoms with Crippen LogP contribution in [0.25, 0.3) is 11.0 Å². The van der Waals surface area contributed by atoms with E-state index in [4.69, 9.17) is 9.72 Å². The molecule has 1 aromatic heterocycles. The second-order valence-electron chi connectivity index (χ2n) is 10.6. The number of morpholine rings is 1. The van der Waals surface area contributed by atoms with Crippen molar-refractivity contribution in [2.75, 3.05) is 19.8 Å². The van der Waals surface area contributed by atoms with Crippen LogP contribution in [-0.2, 0) is 9.53 Å². The Balaban J connectivity index is 1.17. The second-order valence-corrected chi connectivity index (χ2v) is 10.6. The lowest BCUT2D eigenvalue weighted by Crippen LogP contribution is -2.57. The molecule has 1 N–H and O–H groups in total. The predicted molar refractivity (Wildman–Crippen MR) is 137 cm³/mol. The zero-order valence-corrected chi connectivity index (χ0v) is 20.6. The largest absolute Gasteiger partial charge is 0.378 e. The Labute approximate surface area is 207 Å². The third-order valence-electron chi connectivity index (χ3n) is 8.45. The number of amides is 1. The molecule has 2 aliphatic heterocycles. The fourth-order valence-corrected chi connectivity index (χ4v) is 6.41. The maximum atomic E-state index is 12.8. The summed E-state index contributed by atoms with van der Waals surface area (Å²) in [6.07, 6.45) is 6.31. The lowest BCUT2D eigenvalue weighted by molar-refractivity contribution is -0.128. The highest BCUT2D eigenvalue weighted by Gasteiger charge is 2.40. The van der Waals surface area contributed by atoms with Crippen LogP contribution in [0.2, 0.25) is 0 Å². The van der Waals surface area contributed by atoms with Crippen molar-refractivity contribution in [1.82, 2.24) is 19.8 Å². The van der Waals surface area contributed by atoms with E-state index in [2.05, 4.69) is 70.2 Å². The van der Waals surface area contributed by atoms with Gasteiger partial charge in [0, 0.05) is 30.6 Å². The normalized spacial score (nSPS) is 25.8. The number of aromatic nitrogens is 2. The molecule has 1 aliphatic carbocycles. The first-order chi connectivity index (χ1) is 17.2. The van der Waals surface area contributed by atoms with Crippen LogP contribution in [0.15, 0.2) is 54.6 Å². The molecule has 35 heavy (non-hydrogen) atoms. The molecule has 3 fully saturated rings. The van der Waals surface area contributed by atoms with Crippen molar-refractivity contribution in [1.29, 1.82) is 0 Å². The SMILES string of the molecule is Cc1nc2ccccc2n1C1C[C@H]2COC[C@@H](C1)N2CC[C@H](NC(=O)C1CCC1)c1ccccc1. The summed E-state index contributed by atoms with van der Waals surface area (Å²) in [7, 11) is 0. The first-order valence-corrected chi connectivity index (χ1v) is 13.3. The van der Waals surface area contributed by atoms with E-state index in [1.807, 2.05) is 6.07 Å². The third kappa shape index (κ3) is 4.50. The van der Waals surface area contributed by atoms with Crippen LogP contribution < -0.4 is 5.32 Å². The number of fused-ring (bicyclic) bond motifs is 3. The Morgan fingerprint density at radius 3 is 2.46 bits per heavy atom. The molecule has 1 saturated carbocycles. The van der Waals surface area contributed by atoms with Gasteiger partial charge in [-0.2, -0.15) is 0 Å². The standard InChI is InChI=1S/C29H36N4O2/c1-20-30-27-12-5-6-13-28(27)33(20)23-16-24-18-35-19-25(17-23)32(24)15-14-26(21-8-3-2-4-9-21)31-29(34)22-10-7-11-22/h2-6,8-9,12-13,22-26H,7,10-11,14-19H2,1H3,(H,31,34)/t23?,24-,25+,26-/m0/s1. The highest BCUT2D eigenvalue weighted by Crippen LogP contribution is 2.37. The maximum Gasteiger partial charge on any atom is 0.223 e. The number of piperidine rings is 1. The van der Waals surface area contributed by atoms with Gasteiger partial charge in [0.1, 0.15) is 5.82 Å². The minimum atomic E-state index is 0.0588. The van der Waals surface area contributed by atoms with Gasteiger partial charge in [0.2, 0.25) is 5.91 Å². The summed E-state index contributed by atoms with van der Waals surface area (Å²) in [5.41, 5.74) is 3.53. The third-order valence-corrected chi connectivity index (χ3v) is 8.45. The highest BCUT2D eigenvalue weighted by molar-refractivity contribution is 5.79. The summed E-state index contributed by atoms with van der Waals surface area (Å²) < 4.78 is 8.49. The van der Waals surface area contributed by atoms with Gasteiger partial charge < -0.3 is 14.6 Å². The van der Waals surface area contributed by atoms with E-state index < -0.39 is 0 Å². The van der Waals surface area contributed by atoms with Crippen LogP contribution in [0.5, 0.6) is 0 Å². The number of nitrogens with one attached hydrogen (secondary N) is 1. The second kappa shape index (κ2) is 9.75. The Bertz CT molecular complexity index is 1160. The van der Waals surface area contributed by atoms with Crippen molar-refractivity contribution in [3.05, 3.63) is 66.0 Å². The molecule has 6 nitrogen and oxygen atoms in total. The molecule has 2 aromatic carbocycles. The van der Waals surface area contributed by atoms with Crippen LogP contribution in [0.1, 0.15) is 62.0 Å². The minimum absolute atomic E-state index is 0.0588. The molecule has 184 valence electrons. The Morgan fingerprint density at radius 2 is 1.74 bits per heavy atom. The zero-order valence-electron chi connectivity index (χ0n) is 20.6. The number of hydrogen-bond acceptors (Lipinski definition) is 4. The molecule has 6 rings (SSSR count). The van der Waals surface area contributed by atoms with Gasteiger partial charge in [0.05, 0.1) is 30.3 Å². The zero-order chi connectivity index (χ0) is 23.8. The number of hydrogen-bond donors (Lipinski definition) is 1. The molecule has 3 aromatic rings. The van der Waals surface area contributed by atoms with Gasteiger partial charge >= 0.3 is 0 Å². The topological polar surface area (TPSA) is 59.4 Å². The fraction of sp³-hybridized carbons (Fsp3) is 0.517. The molecular weight excluding hydrogens is 436 g/mol. The Hall–Kier alpha value is -2.70. The predicted octanol–water partition coefficient (Wildman–Crippen LogP) is 4.80. The smallest absolute Gasteiger partial charge is 0.223 e. The van der Waals surface area contributed by atoms with Crippen molar-refractivity contribution < 1.29 is 9.53 Å². The molecule has 0 spiro atoms. The van der Waals surface area contributed by atoms with E-state index in [9.17, 15) is 4.79 Å². The first-order valence-electron chi connectivity index (χ1n) is 13.3. The van der Waals surface area contributed by atoms with Crippen LogP contribution in [-0.4, -0.2) is 52.2 Å². The van der Waals surface area contributed by atoms with E-state index in [1.54, 1.807) is 0 Å². The van der Waals surface area contributed by atoms with Crippen molar-refractivity contribution in [3.63, 3.8) is 0 Å². The highest BCUT2D eigenvalue weighted by atomic mass is 16.5. The molecule has 2 bridgehead atoms. The van der Waals surface area contributed by atoms with Gasteiger partial charge in [-0.3, -0.25) is 9.69 Å². The van der Waals surface area contributed by atoms with Crippen LogP contribution >= 0.6 is 0 Å².